The minimum atomic E-state index is -0.257. The first-order valence-corrected chi connectivity index (χ1v) is 6.89. The molecule has 2 heterocycles. The lowest BCUT2D eigenvalue weighted by molar-refractivity contribution is -0.119. The number of amides is 1. The maximum absolute atomic E-state index is 11.0. The average molecular weight is 269 g/mol. The second-order valence-corrected chi connectivity index (χ2v) is 5.35. The monoisotopic (exact) mass is 269 g/mol. The molecule has 3 rings (SSSR count). The number of rotatable bonds is 3. The van der Waals surface area contributed by atoms with Gasteiger partial charge in [-0.2, -0.15) is 0 Å². The van der Waals surface area contributed by atoms with Gasteiger partial charge < -0.3 is 10.3 Å². The lowest BCUT2D eigenvalue weighted by Crippen LogP contribution is -2.36. The summed E-state index contributed by atoms with van der Waals surface area (Å²) in [5.74, 6) is -0.257. The van der Waals surface area contributed by atoms with Gasteiger partial charge in [0.2, 0.25) is 5.91 Å². The zero-order chi connectivity index (χ0) is 14.1. The normalized spacial score (nSPS) is 16.4. The highest BCUT2D eigenvalue weighted by Gasteiger charge is 2.17. The van der Waals surface area contributed by atoms with E-state index in [0.29, 0.717) is 6.54 Å². The quantitative estimate of drug-likeness (QED) is 0.923. The molecular weight excluding hydrogens is 250 g/mol. The van der Waals surface area contributed by atoms with Crippen molar-refractivity contribution >= 4 is 22.4 Å². The Bertz CT molecular complexity index is 684. The molecular formula is C16H19N3O. The molecule has 0 aliphatic carbocycles. The highest BCUT2D eigenvalue weighted by Crippen LogP contribution is 2.30. The number of carbonyl (C=O) groups excluding carboxylic acids is 1. The standard InChI is InChI=1S/C16H19N3O/c1-18-10-14(13-4-2-3-5-15(13)18)12-6-8-19(9-7-12)11-16(17)20/h2-6,10H,7-9,11H2,1H3,(H2,17,20). The van der Waals surface area contributed by atoms with Crippen molar-refractivity contribution in [1.29, 1.82) is 0 Å². The summed E-state index contributed by atoms with van der Waals surface area (Å²) in [6.07, 6.45) is 5.37. The number of aromatic nitrogens is 1. The van der Waals surface area contributed by atoms with Gasteiger partial charge in [0.15, 0.2) is 0 Å². The molecule has 0 saturated carbocycles. The van der Waals surface area contributed by atoms with Crippen molar-refractivity contribution in [2.24, 2.45) is 12.8 Å². The van der Waals surface area contributed by atoms with E-state index in [4.69, 9.17) is 5.73 Å². The number of hydrogen-bond acceptors (Lipinski definition) is 2. The van der Waals surface area contributed by atoms with E-state index < -0.39 is 0 Å². The van der Waals surface area contributed by atoms with Crippen LogP contribution in [-0.2, 0) is 11.8 Å². The number of aryl methyl sites for hydroxylation is 1. The molecule has 4 nitrogen and oxygen atoms in total. The summed E-state index contributed by atoms with van der Waals surface area (Å²) >= 11 is 0. The largest absolute Gasteiger partial charge is 0.369 e. The number of carbonyl (C=O) groups is 1. The summed E-state index contributed by atoms with van der Waals surface area (Å²) < 4.78 is 2.17. The van der Waals surface area contributed by atoms with Crippen molar-refractivity contribution in [2.75, 3.05) is 19.6 Å². The molecule has 1 aliphatic rings. The van der Waals surface area contributed by atoms with Crippen LogP contribution in [0.25, 0.3) is 16.5 Å². The molecule has 0 bridgehead atoms. The molecule has 2 N–H and O–H groups in total. The molecule has 1 aromatic heterocycles. The Hall–Kier alpha value is -2.07. The Labute approximate surface area is 118 Å². The highest BCUT2D eigenvalue weighted by molar-refractivity contribution is 5.93. The summed E-state index contributed by atoms with van der Waals surface area (Å²) in [6, 6.07) is 8.45. The number of nitrogens with two attached hydrogens (primary N) is 1. The third-order valence-electron chi connectivity index (χ3n) is 3.92. The summed E-state index contributed by atoms with van der Waals surface area (Å²) in [5, 5.41) is 1.30. The number of nitrogens with zero attached hydrogens (tertiary/aromatic N) is 2. The minimum absolute atomic E-state index is 0.257. The van der Waals surface area contributed by atoms with Crippen molar-refractivity contribution in [3.05, 3.63) is 42.1 Å². The second-order valence-electron chi connectivity index (χ2n) is 5.35. The van der Waals surface area contributed by atoms with E-state index in [2.05, 4.69) is 53.1 Å². The predicted octanol–water partition coefficient (Wildman–Crippen LogP) is 1.75. The van der Waals surface area contributed by atoms with Crippen LogP contribution < -0.4 is 5.73 Å². The molecule has 0 saturated heterocycles. The summed E-state index contributed by atoms with van der Waals surface area (Å²) in [7, 11) is 2.08. The molecule has 104 valence electrons. The fourth-order valence-electron chi connectivity index (χ4n) is 2.92. The Morgan fingerprint density at radius 1 is 1.35 bits per heavy atom. The van der Waals surface area contributed by atoms with Gasteiger partial charge in [-0.05, 0) is 18.1 Å². The number of benzene rings is 1. The Morgan fingerprint density at radius 2 is 2.15 bits per heavy atom. The summed E-state index contributed by atoms with van der Waals surface area (Å²) in [5.41, 5.74) is 9.17. The van der Waals surface area contributed by atoms with Gasteiger partial charge in [-0.25, -0.2) is 0 Å². The van der Waals surface area contributed by atoms with Crippen molar-refractivity contribution in [3.8, 4) is 0 Å². The Balaban J connectivity index is 1.89. The van der Waals surface area contributed by atoms with Gasteiger partial charge in [0.05, 0.1) is 6.54 Å². The fourth-order valence-corrected chi connectivity index (χ4v) is 2.92. The van der Waals surface area contributed by atoms with Gasteiger partial charge in [-0.1, -0.05) is 24.3 Å². The van der Waals surface area contributed by atoms with Crippen LogP contribution in [0, 0.1) is 0 Å². The second kappa shape index (κ2) is 5.13. The fraction of sp³-hybridized carbons (Fsp3) is 0.312. The van der Waals surface area contributed by atoms with E-state index in [1.807, 2.05) is 0 Å². The number of fused-ring (bicyclic) bond motifs is 1. The Morgan fingerprint density at radius 3 is 2.85 bits per heavy atom. The van der Waals surface area contributed by atoms with E-state index in [1.54, 1.807) is 0 Å². The SMILES string of the molecule is Cn1cc(C2=CCN(CC(N)=O)CC2)c2ccccc21. The molecule has 0 atom stereocenters. The third-order valence-corrected chi connectivity index (χ3v) is 3.92. The van der Waals surface area contributed by atoms with Crippen LogP contribution in [0.4, 0.5) is 0 Å². The van der Waals surface area contributed by atoms with Crippen LogP contribution in [-0.4, -0.2) is 35.0 Å². The van der Waals surface area contributed by atoms with Crippen molar-refractivity contribution in [3.63, 3.8) is 0 Å². The van der Waals surface area contributed by atoms with Crippen molar-refractivity contribution in [2.45, 2.75) is 6.42 Å². The third kappa shape index (κ3) is 2.34. The first kappa shape index (κ1) is 12.9. The molecule has 20 heavy (non-hydrogen) atoms. The first-order chi connectivity index (χ1) is 9.65. The molecule has 0 radical (unpaired) electrons. The maximum atomic E-state index is 11.0. The van der Waals surface area contributed by atoms with E-state index in [9.17, 15) is 4.79 Å². The molecule has 0 fully saturated rings. The zero-order valence-electron chi connectivity index (χ0n) is 11.7. The molecule has 1 amide bonds. The number of primary amides is 1. The zero-order valence-corrected chi connectivity index (χ0v) is 11.7. The summed E-state index contributed by atoms with van der Waals surface area (Å²) in [4.78, 5) is 13.0. The molecule has 2 aromatic rings. The van der Waals surface area contributed by atoms with Gasteiger partial charge in [-0.3, -0.25) is 9.69 Å². The van der Waals surface area contributed by atoms with E-state index in [1.165, 1.54) is 22.0 Å². The predicted molar refractivity (Wildman–Crippen MR) is 81.1 cm³/mol. The van der Waals surface area contributed by atoms with Gasteiger partial charge in [0, 0.05) is 42.8 Å². The lowest BCUT2D eigenvalue weighted by atomic mass is 9.99. The van der Waals surface area contributed by atoms with Gasteiger partial charge in [0.25, 0.3) is 0 Å². The van der Waals surface area contributed by atoms with Crippen LogP contribution in [0.5, 0.6) is 0 Å². The van der Waals surface area contributed by atoms with Crippen LogP contribution in [0.3, 0.4) is 0 Å². The van der Waals surface area contributed by atoms with E-state index >= 15 is 0 Å². The first-order valence-electron chi connectivity index (χ1n) is 6.89. The van der Waals surface area contributed by atoms with Crippen LogP contribution in [0.1, 0.15) is 12.0 Å². The Kier molecular flexibility index (Phi) is 3.32. The van der Waals surface area contributed by atoms with Crippen LogP contribution in [0.2, 0.25) is 0 Å². The van der Waals surface area contributed by atoms with Gasteiger partial charge >= 0.3 is 0 Å². The molecule has 4 heteroatoms. The molecule has 1 aromatic carbocycles. The number of hydrogen-bond donors (Lipinski definition) is 1. The highest BCUT2D eigenvalue weighted by atomic mass is 16.1. The lowest BCUT2D eigenvalue weighted by Gasteiger charge is -2.24. The molecule has 1 aliphatic heterocycles. The van der Waals surface area contributed by atoms with Crippen LogP contribution >= 0.6 is 0 Å². The molecule has 0 unspecified atom stereocenters. The van der Waals surface area contributed by atoms with Crippen molar-refractivity contribution in [1.82, 2.24) is 9.47 Å². The number of para-hydroxylation sites is 1. The maximum Gasteiger partial charge on any atom is 0.231 e. The van der Waals surface area contributed by atoms with E-state index in [-0.39, 0.29) is 5.91 Å². The van der Waals surface area contributed by atoms with Gasteiger partial charge in [0.1, 0.15) is 0 Å². The topological polar surface area (TPSA) is 51.3 Å². The van der Waals surface area contributed by atoms with Crippen LogP contribution in [0.15, 0.2) is 36.5 Å². The molecule has 0 spiro atoms. The van der Waals surface area contributed by atoms with Gasteiger partial charge in [-0.15, -0.1) is 0 Å². The smallest absolute Gasteiger partial charge is 0.231 e. The van der Waals surface area contributed by atoms with Crippen molar-refractivity contribution < 1.29 is 4.79 Å². The minimum Gasteiger partial charge on any atom is -0.369 e. The summed E-state index contributed by atoms with van der Waals surface area (Å²) in [6.45, 7) is 2.03. The van der Waals surface area contributed by atoms with E-state index in [0.717, 1.165) is 19.5 Å². The average Bonchev–Trinajstić information content (AvgIpc) is 2.77.